The van der Waals surface area contributed by atoms with Crippen molar-refractivity contribution in [2.24, 2.45) is 0 Å². The molecule has 4 heteroatoms. The fourth-order valence-electron chi connectivity index (χ4n) is 2.60. The molecule has 2 rings (SSSR count). The van der Waals surface area contributed by atoms with Crippen LogP contribution in [0.15, 0.2) is 6.07 Å². The monoisotopic (exact) mass is 266 g/mol. The smallest absolute Gasteiger partial charge is 0.240 e. The van der Waals surface area contributed by atoms with E-state index in [-0.39, 0.29) is 17.5 Å². The number of rotatable bonds is 3. The molecular formula is C14H22N2OS. The molecule has 3 nitrogen and oxygen atoms in total. The van der Waals surface area contributed by atoms with Crippen LogP contribution in [0, 0.1) is 13.8 Å². The summed E-state index contributed by atoms with van der Waals surface area (Å²) in [6, 6.07) is 2.26. The van der Waals surface area contributed by atoms with Crippen LogP contribution in [-0.4, -0.2) is 18.0 Å². The molecule has 2 N–H and O–H groups in total. The van der Waals surface area contributed by atoms with Crippen LogP contribution in [0.1, 0.15) is 48.0 Å². The lowest BCUT2D eigenvalue weighted by Gasteiger charge is -2.25. The first kappa shape index (κ1) is 13.6. The minimum Gasteiger partial charge on any atom is -0.348 e. The number of hydrogen-bond donors (Lipinski definition) is 2. The number of hydrogen-bond acceptors (Lipinski definition) is 3. The molecule has 100 valence electrons. The van der Waals surface area contributed by atoms with Crippen molar-refractivity contribution in [2.45, 2.75) is 52.1 Å². The van der Waals surface area contributed by atoms with Gasteiger partial charge in [0, 0.05) is 9.75 Å². The van der Waals surface area contributed by atoms with Gasteiger partial charge in [0.15, 0.2) is 0 Å². The first-order chi connectivity index (χ1) is 8.42. The van der Waals surface area contributed by atoms with Crippen molar-refractivity contribution in [3.8, 4) is 0 Å². The summed E-state index contributed by atoms with van der Waals surface area (Å²) >= 11 is 1.79. The normalized spacial score (nSPS) is 25.1. The number of thiophene rings is 1. The number of carbonyl (C=O) groups is 1. The topological polar surface area (TPSA) is 41.1 Å². The lowest BCUT2D eigenvalue weighted by atomic mass is 9.98. The van der Waals surface area contributed by atoms with Crippen LogP contribution in [0.5, 0.6) is 0 Å². The summed E-state index contributed by atoms with van der Waals surface area (Å²) < 4.78 is 0. The number of amides is 1. The number of aryl methyl sites for hydroxylation is 2. The van der Waals surface area contributed by atoms with E-state index in [2.05, 4.69) is 37.5 Å². The molecule has 1 amide bonds. The summed E-state index contributed by atoms with van der Waals surface area (Å²) in [5, 5.41) is 6.44. The van der Waals surface area contributed by atoms with Gasteiger partial charge >= 0.3 is 0 Å². The minimum absolute atomic E-state index is 0.0849. The zero-order chi connectivity index (χ0) is 13.3. The van der Waals surface area contributed by atoms with Gasteiger partial charge in [-0.3, -0.25) is 4.79 Å². The molecule has 1 aliphatic heterocycles. The quantitative estimate of drug-likeness (QED) is 0.883. The van der Waals surface area contributed by atoms with Gasteiger partial charge in [-0.2, -0.15) is 0 Å². The van der Waals surface area contributed by atoms with Crippen molar-refractivity contribution in [3.63, 3.8) is 0 Å². The van der Waals surface area contributed by atoms with Crippen molar-refractivity contribution in [1.82, 2.24) is 10.6 Å². The van der Waals surface area contributed by atoms with Gasteiger partial charge in [0.25, 0.3) is 0 Å². The fraction of sp³-hybridized carbons (Fsp3) is 0.643. The molecule has 1 fully saturated rings. The largest absolute Gasteiger partial charge is 0.348 e. The standard InChI is InChI=1S/C14H22N2OS/c1-9-8-12(11(3)18-9)10(2)16-13(17)14(4)6-5-7-15-14/h8,10,15H,5-7H2,1-4H3,(H,16,17). The highest BCUT2D eigenvalue weighted by atomic mass is 32.1. The van der Waals surface area contributed by atoms with Crippen molar-refractivity contribution in [2.75, 3.05) is 6.54 Å². The Morgan fingerprint density at radius 2 is 2.28 bits per heavy atom. The Morgan fingerprint density at radius 1 is 1.56 bits per heavy atom. The lowest BCUT2D eigenvalue weighted by Crippen LogP contribution is -2.51. The summed E-state index contributed by atoms with van der Waals surface area (Å²) in [6.45, 7) is 9.22. The molecule has 0 aromatic carbocycles. The van der Waals surface area contributed by atoms with E-state index >= 15 is 0 Å². The summed E-state index contributed by atoms with van der Waals surface area (Å²) in [4.78, 5) is 14.9. The predicted molar refractivity (Wildman–Crippen MR) is 76.0 cm³/mol. The van der Waals surface area contributed by atoms with E-state index in [1.165, 1.54) is 15.3 Å². The molecule has 0 saturated carbocycles. The molecule has 2 atom stereocenters. The van der Waals surface area contributed by atoms with E-state index in [1.54, 1.807) is 11.3 Å². The summed E-state index contributed by atoms with van der Waals surface area (Å²) in [5.41, 5.74) is 0.861. The highest BCUT2D eigenvalue weighted by Gasteiger charge is 2.36. The molecule has 2 unspecified atom stereocenters. The summed E-state index contributed by atoms with van der Waals surface area (Å²) in [7, 11) is 0. The first-order valence-electron chi connectivity index (χ1n) is 6.55. The maximum absolute atomic E-state index is 12.3. The van der Waals surface area contributed by atoms with E-state index in [9.17, 15) is 4.79 Å². The zero-order valence-electron chi connectivity index (χ0n) is 11.6. The van der Waals surface area contributed by atoms with Gasteiger partial charge < -0.3 is 10.6 Å². The minimum atomic E-state index is -0.382. The third-order valence-corrected chi connectivity index (χ3v) is 4.75. The third-order valence-electron chi connectivity index (χ3n) is 3.76. The maximum Gasteiger partial charge on any atom is 0.240 e. The van der Waals surface area contributed by atoms with E-state index in [0.717, 1.165) is 19.4 Å². The Kier molecular flexibility index (Phi) is 3.78. The van der Waals surface area contributed by atoms with Crippen molar-refractivity contribution in [3.05, 3.63) is 21.4 Å². The van der Waals surface area contributed by atoms with E-state index < -0.39 is 0 Å². The molecule has 18 heavy (non-hydrogen) atoms. The van der Waals surface area contributed by atoms with Crippen LogP contribution >= 0.6 is 11.3 Å². The van der Waals surface area contributed by atoms with Gasteiger partial charge in [-0.15, -0.1) is 11.3 Å². The van der Waals surface area contributed by atoms with Crippen molar-refractivity contribution in [1.29, 1.82) is 0 Å². The second-order valence-electron chi connectivity index (χ2n) is 5.43. The second kappa shape index (κ2) is 5.02. The Morgan fingerprint density at radius 3 is 2.78 bits per heavy atom. The third kappa shape index (κ3) is 2.59. The van der Waals surface area contributed by atoms with Gasteiger partial charge in [0.2, 0.25) is 5.91 Å². The van der Waals surface area contributed by atoms with Gasteiger partial charge in [-0.1, -0.05) is 0 Å². The Hall–Kier alpha value is -0.870. The summed E-state index contributed by atoms with van der Waals surface area (Å²) in [6.07, 6.45) is 2.00. The molecule has 1 aromatic heterocycles. The SMILES string of the molecule is Cc1cc(C(C)NC(=O)C2(C)CCCN2)c(C)s1. The molecule has 1 aromatic rings. The van der Waals surface area contributed by atoms with E-state index in [1.807, 2.05) is 6.92 Å². The molecule has 0 radical (unpaired) electrons. The van der Waals surface area contributed by atoms with Crippen molar-refractivity contribution >= 4 is 17.2 Å². The number of nitrogens with one attached hydrogen (secondary N) is 2. The Balaban J connectivity index is 2.05. The average molecular weight is 266 g/mol. The lowest BCUT2D eigenvalue weighted by molar-refractivity contribution is -0.127. The van der Waals surface area contributed by atoms with Crippen LogP contribution in [-0.2, 0) is 4.79 Å². The van der Waals surface area contributed by atoms with Gasteiger partial charge in [-0.05, 0) is 58.7 Å². The van der Waals surface area contributed by atoms with Gasteiger partial charge in [0.05, 0.1) is 11.6 Å². The average Bonchev–Trinajstić information content (AvgIpc) is 2.86. The fourth-order valence-corrected chi connectivity index (χ4v) is 3.62. The first-order valence-corrected chi connectivity index (χ1v) is 7.37. The van der Waals surface area contributed by atoms with E-state index in [0.29, 0.717) is 0 Å². The molecule has 1 saturated heterocycles. The predicted octanol–water partition coefficient (Wildman–Crippen LogP) is 2.68. The van der Waals surface area contributed by atoms with Gasteiger partial charge in [-0.25, -0.2) is 0 Å². The molecule has 0 bridgehead atoms. The highest BCUT2D eigenvalue weighted by molar-refractivity contribution is 7.12. The highest BCUT2D eigenvalue weighted by Crippen LogP contribution is 2.27. The summed E-state index contributed by atoms with van der Waals surface area (Å²) in [5.74, 6) is 0.121. The second-order valence-corrected chi connectivity index (χ2v) is 6.89. The van der Waals surface area contributed by atoms with Crippen LogP contribution in [0.3, 0.4) is 0 Å². The molecule has 0 aliphatic carbocycles. The molecule has 1 aliphatic rings. The maximum atomic E-state index is 12.3. The van der Waals surface area contributed by atoms with Crippen LogP contribution in [0.4, 0.5) is 0 Å². The van der Waals surface area contributed by atoms with E-state index in [4.69, 9.17) is 0 Å². The molecule has 0 spiro atoms. The Bertz CT molecular complexity index is 447. The number of carbonyl (C=O) groups excluding carboxylic acids is 1. The van der Waals surface area contributed by atoms with Crippen molar-refractivity contribution < 1.29 is 4.79 Å². The van der Waals surface area contributed by atoms with Crippen LogP contribution in [0.2, 0.25) is 0 Å². The molecule has 2 heterocycles. The zero-order valence-corrected chi connectivity index (χ0v) is 12.4. The molecular weight excluding hydrogens is 244 g/mol. The van der Waals surface area contributed by atoms with Crippen LogP contribution < -0.4 is 10.6 Å². The van der Waals surface area contributed by atoms with Gasteiger partial charge in [0.1, 0.15) is 0 Å². The van der Waals surface area contributed by atoms with Crippen LogP contribution in [0.25, 0.3) is 0 Å². The Labute approximate surface area is 113 Å².